The topological polar surface area (TPSA) is 95.5 Å². The number of nitrogens with one attached hydrogen (secondary N) is 2. The maximum absolute atomic E-state index is 12.0. The second-order valence-corrected chi connectivity index (χ2v) is 8.20. The molecule has 0 aliphatic rings. The Kier molecular flexibility index (Phi) is 7.05. The van der Waals surface area contributed by atoms with E-state index >= 15 is 0 Å². The highest BCUT2D eigenvalue weighted by atomic mass is 32.2. The van der Waals surface area contributed by atoms with E-state index < -0.39 is 16.2 Å². The molecule has 0 rings (SSSR count). The van der Waals surface area contributed by atoms with Crippen LogP contribution in [0, 0.1) is 11.3 Å². The van der Waals surface area contributed by atoms with Gasteiger partial charge in [-0.1, -0.05) is 40.7 Å². The van der Waals surface area contributed by atoms with Crippen molar-refractivity contribution < 1.29 is 17.8 Å². The molecule has 21 heavy (non-hydrogen) atoms. The molecule has 124 valence electrons. The van der Waals surface area contributed by atoms with Crippen LogP contribution in [0.1, 0.15) is 41.5 Å². The molecule has 3 N–H and O–H groups in total. The van der Waals surface area contributed by atoms with Crippen molar-refractivity contribution in [1.82, 2.24) is 10.6 Å². The van der Waals surface area contributed by atoms with Crippen molar-refractivity contribution in [3.63, 3.8) is 0 Å². The maximum Gasteiger partial charge on any atom is 0.290 e. The minimum atomic E-state index is -4.21. The van der Waals surface area contributed by atoms with Crippen molar-refractivity contribution in [2.75, 3.05) is 7.05 Å². The SMILES string of the molecule is CNC(=O)[C@@H](N[C@H](/C=C(\C)S(=O)(=O)O)C(C)C)C(C)(C)C. The van der Waals surface area contributed by atoms with Crippen molar-refractivity contribution in [3.8, 4) is 0 Å². The van der Waals surface area contributed by atoms with Gasteiger partial charge in [-0.15, -0.1) is 0 Å². The molecular weight excluding hydrogens is 292 g/mol. The van der Waals surface area contributed by atoms with Gasteiger partial charge in [-0.2, -0.15) is 8.42 Å². The van der Waals surface area contributed by atoms with E-state index in [0.29, 0.717) is 0 Å². The predicted octanol–water partition coefficient (Wildman–Crippen LogP) is 1.55. The van der Waals surface area contributed by atoms with E-state index in [0.717, 1.165) is 0 Å². The number of rotatable bonds is 6. The van der Waals surface area contributed by atoms with Crippen molar-refractivity contribution in [1.29, 1.82) is 0 Å². The van der Waals surface area contributed by atoms with Gasteiger partial charge in [0.15, 0.2) is 0 Å². The Balaban J connectivity index is 5.46. The minimum absolute atomic E-state index is 0.0520. The normalized spacial score (nSPS) is 16.7. The molecule has 0 saturated heterocycles. The molecule has 0 aromatic heterocycles. The molecule has 0 aromatic carbocycles. The molecule has 0 unspecified atom stereocenters. The lowest BCUT2D eigenvalue weighted by atomic mass is 9.85. The van der Waals surface area contributed by atoms with Gasteiger partial charge in [0.25, 0.3) is 10.1 Å². The summed E-state index contributed by atoms with van der Waals surface area (Å²) in [5.41, 5.74) is -0.340. The molecule has 0 saturated carbocycles. The Morgan fingerprint density at radius 2 is 1.71 bits per heavy atom. The van der Waals surface area contributed by atoms with Crippen LogP contribution in [0.25, 0.3) is 0 Å². The van der Waals surface area contributed by atoms with Crippen LogP contribution < -0.4 is 10.6 Å². The summed E-state index contributed by atoms with van der Waals surface area (Å²) in [4.78, 5) is 11.9. The Morgan fingerprint density at radius 3 is 2.00 bits per heavy atom. The fourth-order valence-corrected chi connectivity index (χ4v) is 2.15. The quantitative estimate of drug-likeness (QED) is 0.645. The minimum Gasteiger partial charge on any atom is -0.358 e. The maximum atomic E-state index is 12.0. The zero-order valence-corrected chi connectivity index (χ0v) is 14.7. The average Bonchev–Trinajstić information content (AvgIpc) is 2.29. The van der Waals surface area contributed by atoms with Gasteiger partial charge in [-0.3, -0.25) is 14.7 Å². The highest BCUT2D eigenvalue weighted by Gasteiger charge is 2.33. The third-order valence-corrected chi connectivity index (χ3v) is 4.22. The van der Waals surface area contributed by atoms with Crippen LogP contribution in [-0.4, -0.2) is 38.0 Å². The van der Waals surface area contributed by atoms with Crippen molar-refractivity contribution >= 4 is 16.0 Å². The Labute approximate surface area is 128 Å². The number of carbonyl (C=O) groups excluding carboxylic acids is 1. The number of hydrogen-bond donors (Lipinski definition) is 3. The highest BCUT2D eigenvalue weighted by Crippen LogP contribution is 2.22. The van der Waals surface area contributed by atoms with E-state index in [1.54, 1.807) is 7.05 Å². The van der Waals surface area contributed by atoms with Gasteiger partial charge in [-0.05, 0) is 18.3 Å². The second-order valence-electron chi connectivity index (χ2n) is 6.60. The standard InChI is InChI=1S/C14H28N2O4S/c1-9(2)11(8-10(3)21(18,19)20)16-12(13(17)15-7)14(4,5)6/h8-9,11-12,16H,1-7H3,(H,15,17)(H,18,19,20)/b10-8+/t11-,12-/m1/s1. The smallest absolute Gasteiger partial charge is 0.290 e. The molecule has 2 atom stereocenters. The largest absolute Gasteiger partial charge is 0.358 e. The van der Waals surface area contributed by atoms with E-state index in [-0.39, 0.29) is 28.2 Å². The van der Waals surface area contributed by atoms with Gasteiger partial charge >= 0.3 is 0 Å². The molecule has 0 fully saturated rings. The zero-order valence-electron chi connectivity index (χ0n) is 13.9. The predicted molar refractivity (Wildman–Crippen MR) is 84.4 cm³/mol. The van der Waals surface area contributed by atoms with Gasteiger partial charge in [0.1, 0.15) is 0 Å². The van der Waals surface area contributed by atoms with E-state index in [1.165, 1.54) is 13.0 Å². The van der Waals surface area contributed by atoms with Gasteiger partial charge in [0.2, 0.25) is 5.91 Å². The van der Waals surface area contributed by atoms with E-state index in [4.69, 9.17) is 4.55 Å². The summed E-state index contributed by atoms with van der Waals surface area (Å²) in [6, 6.07) is -0.839. The molecule has 0 radical (unpaired) electrons. The monoisotopic (exact) mass is 320 g/mol. The van der Waals surface area contributed by atoms with Gasteiger partial charge in [0, 0.05) is 13.1 Å². The number of likely N-dealkylation sites (N-methyl/N-ethyl adjacent to an activating group) is 1. The van der Waals surface area contributed by atoms with Crippen molar-refractivity contribution in [2.24, 2.45) is 11.3 Å². The van der Waals surface area contributed by atoms with Crippen LogP contribution in [0.15, 0.2) is 11.0 Å². The molecule has 0 aromatic rings. The molecule has 0 aliphatic carbocycles. The summed E-state index contributed by atoms with van der Waals surface area (Å²) in [5.74, 6) is -0.109. The molecule has 7 heteroatoms. The molecule has 1 amide bonds. The van der Waals surface area contributed by atoms with Gasteiger partial charge in [0.05, 0.1) is 10.9 Å². The van der Waals surface area contributed by atoms with Crippen LogP contribution in [0.2, 0.25) is 0 Å². The lowest BCUT2D eigenvalue weighted by Gasteiger charge is -2.34. The highest BCUT2D eigenvalue weighted by molar-refractivity contribution is 7.89. The van der Waals surface area contributed by atoms with E-state index in [2.05, 4.69) is 10.6 Å². The molecule has 0 bridgehead atoms. The fraction of sp³-hybridized carbons (Fsp3) is 0.786. The van der Waals surface area contributed by atoms with Gasteiger partial charge < -0.3 is 5.32 Å². The molecule has 0 aliphatic heterocycles. The van der Waals surface area contributed by atoms with Crippen LogP contribution in [-0.2, 0) is 14.9 Å². The lowest BCUT2D eigenvalue weighted by molar-refractivity contribution is -0.125. The summed E-state index contributed by atoms with van der Waals surface area (Å²) in [6.45, 7) is 10.9. The number of amides is 1. The Morgan fingerprint density at radius 1 is 1.24 bits per heavy atom. The Hall–Kier alpha value is -0.920. The third kappa shape index (κ3) is 6.58. The number of hydrogen-bond acceptors (Lipinski definition) is 4. The van der Waals surface area contributed by atoms with E-state index in [9.17, 15) is 13.2 Å². The first-order chi connectivity index (χ1) is 9.30. The van der Waals surface area contributed by atoms with Crippen LogP contribution >= 0.6 is 0 Å². The Bertz CT molecular complexity index is 490. The first kappa shape index (κ1) is 20.1. The average molecular weight is 320 g/mol. The summed E-state index contributed by atoms with van der Waals surface area (Å²) in [6.07, 6.45) is 1.45. The molecule has 6 nitrogen and oxygen atoms in total. The van der Waals surface area contributed by atoms with Crippen molar-refractivity contribution in [2.45, 2.75) is 53.6 Å². The van der Waals surface area contributed by atoms with Crippen LogP contribution in [0.3, 0.4) is 0 Å². The first-order valence-electron chi connectivity index (χ1n) is 6.94. The van der Waals surface area contributed by atoms with E-state index in [1.807, 2.05) is 34.6 Å². The first-order valence-corrected chi connectivity index (χ1v) is 8.38. The van der Waals surface area contributed by atoms with Crippen molar-refractivity contribution in [3.05, 3.63) is 11.0 Å². The third-order valence-electron chi connectivity index (χ3n) is 3.27. The fourth-order valence-electron chi connectivity index (χ4n) is 1.83. The zero-order chi connectivity index (χ0) is 17.0. The number of carbonyl (C=O) groups is 1. The molecule has 0 spiro atoms. The number of allylic oxidation sites excluding steroid dienone is 1. The molecule has 0 heterocycles. The second kappa shape index (κ2) is 7.38. The lowest BCUT2D eigenvalue weighted by Crippen LogP contribution is -2.55. The summed E-state index contributed by atoms with van der Waals surface area (Å²) in [7, 11) is -2.65. The summed E-state index contributed by atoms with van der Waals surface area (Å²) < 4.78 is 31.3. The van der Waals surface area contributed by atoms with Gasteiger partial charge in [-0.25, -0.2) is 0 Å². The van der Waals surface area contributed by atoms with Crippen LogP contribution in [0.4, 0.5) is 0 Å². The molecular formula is C14H28N2O4S. The summed E-state index contributed by atoms with van der Waals surface area (Å²) in [5, 5.41) is 5.79. The summed E-state index contributed by atoms with van der Waals surface area (Å²) >= 11 is 0. The van der Waals surface area contributed by atoms with Crippen LogP contribution in [0.5, 0.6) is 0 Å².